The molecule has 1 N–H and O–H groups in total. The van der Waals surface area contributed by atoms with Crippen molar-refractivity contribution in [2.75, 3.05) is 19.7 Å². The van der Waals surface area contributed by atoms with Crippen LogP contribution in [0.1, 0.15) is 32.6 Å². The molecule has 88 valence electrons. The van der Waals surface area contributed by atoms with Gasteiger partial charge in [-0.1, -0.05) is 0 Å². The highest BCUT2D eigenvalue weighted by Gasteiger charge is 2.56. The van der Waals surface area contributed by atoms with Gasteiger partial charge in [0, 0.05) is 0 Å². The third-order valence-electron chi connectivity index (χ3n) is 3.55. The molecule has 0 aromatic heterocycles. The van der Waals surface area contributed by atoms with Gasteiger partial charge in [-0.3, -0.25) is 4.79 Å². The van der Waals surface area contributed by atoms with Gasteiger partial charge in [0.25, 0.3) is 0 Å². The van der Waals surface area contributed by atoms with E-state index >= 15 is 0 Å². The second-order valence-corrected chi connectivity index (χ2v) is 4.42. The number of hydrogen-bond acceptors (Lipinski definition) is 3. The van der Waals surface area contributed by atoms with Gasteiger partial charge < -0.3 is 10.1 Å². The number of carbonyl (C=O) groups excluding carboxylic acids is 1. The molecule has 1 saturated heterocycles. The molecule has 1 aliphatic heterocycles. The third kappa shape index (κ3) is 2.45. The molecule has 0 radical (unpaired) electrons. The lowest BCUT2D eigenvalue weighted by Gasteiger charge is -2.29. The fourth-order valence-electron chi connectivity index (χ4n) is 2.51. The Kier molecular flexibility index (Phi) is 4.41. The van der Waals surface area contributed by atoms with Crippen LogP contribution in [0.3, 0.4) is 0 Å². The maximum atomic E-state index is 11.8. The second-order valence-electron chi connectivity index (χ2n) is 4.42. The quantitative estimate of drug-likeness (QED) is 0.755. The zero-order valence-corrected chi connectivity index (χ0v) is 10.1. The smallest absolute Gasteiger partial charge is 0.312 e. The van der Waals surface area contributed by atoms with Crippen molar-refractivity contribution in [2.24, 2.45) is 11.3 Å². The molecule has 1 atom stereocenters. The van der Waals surface area contributed by atoms with E-state index in [-0.39, 0.29) is 23.8 Å². The molecule has 2 aliphatic rings. The molecule has 0 bridgehead atoms. The van der Waals surface area contributed by atoms with Crippen LogP contribution in [0.5, 0.6) is 0 Å². The van der Waals surface area contributed by atoms with E-state index < -0.39 is 0 Å². The predicted octanol–water partition coefficient (Wildman–Crippen LogP) is 1.75. The van der Waals surface area contributed by atoms with Gasteiger partial charge in [-0.05, 0) is 51.6 Å². The maximum absolute atomic E-state index is 11.8. The van der Waals surface area contributed by atoms with Crippen molar-refractivity contribution in [3.63, 3.8) is 0 Å². The Bertz CT molecular complexity index is 223. The van der Waals surface area contributed by atoms with E-state index in [1.165, 1.54) is 12.8 Å². The summed E-state index contributed by atoms with van der Waals surface area (Å²) < 4.78 is 5.16. The number of piperidine rings is 1. The van der Waals surface area contributed by atoms with Gasteiger partial charge in [0.2, 0.25) is 0 Å². The number of esters is 1. The average Bonchev–Trinajstić information content (AvgIpc) is 3.00. The lowest BCUT2D eigenvalue weighted by molar-refractivity contribution is -0.152. The maximum Gasteiger partial charge on any atom is 0.312 e. The lowest BCUT2D eigenvalue weighted by Crippen LogP contribution is -2.39. The minimum atomic E-state index is -0.0938. The summed E-state index contributed by atoms with van der Waals surface area (Å²) in [4.78, 5) is 11.8. The molecule has 1 saturated carbocycles. The van der Waals surface area contributed by atoms with Crippen molar-refractivity contribution in [1.82, 2.24) is 5.32 Å². The monoisotopic (exact) mass is 233 g/mol. The number of nitrogens with one attached hydrogen (secondary N) is 1. The molecule has 1 unspecified atom stereocenters. The molecular formula is C11H20ClNO2. The third-order valence-corrected chi connectivity index (χ3v) is 3.55. The van der Waals surface area contributed by atoms with E-state index in [0.717, 1.165) is 25.9 Å². The molecule has 2 fully saturated rings. The number of ether oxygens (including phenoxy) is 1. The highest BCUT2D eigenvalue weighted by Crippen LogP contribution is 2.54. The fourth-order valence-corrected chi connectivity index (χ4v) is 2.51. The fraction of sp³-hybridized carbons (Fsp3) is 0.909. The number of hydrogen-bond donors (Lipinski definition) is 1. The van der Waals surface area contributed by atoms with E-state index in [2.05, 4.69) is 5.32 Å². The van der Waals surface area contributed by atoms with Gasteiger partial charge in [0.1, 0.15) is 0 Å². The first-order chi connectivity index (χ1) is 6.79. The van der Waals surface area contributed by atoms with Gasteiger partial charge in [-0.25, -0.2) is 0 Å². The summed E-state index contributed by atoms with van der Waals surface area (Å²) >= 11 is 0. The number of rotatable bonds is 3. The molecule has 0 amide bonds. The summed E-state index contributed by atoms with van der Waals surface area (Å²) in [7, 11) is 0. The zero-order valence-electron chi connectivity index (χ0n) is 9.25. The number of carbonyl (C=O) groups is 1. The largest absolute Gasteiger partial charge is 0.466 e. The Labute approximate surface area is 97.4 Å². The van der Waals surface area contributed by atoms with Crippen molar-refractivity contribution in [2.45, 2.75) is 32.6 Å². The van der Waals surface area contributed by atoms with Crippen LogP contribution in [0.25, 0.3) is 0 Å². The van der Waals surface area contributed by atoms with Gasteiger partial charge in [0.15, 0.2) is 0 Å². The average molecular weight is 234 g/mol. The molecule has 3 nitrogen and oxygen atoms in total. The van der Waals surface area contributed by atoms with Crippen molar-refractivity contribution in [3.8, 4) is 0 Å². The van der Waals surface area contributed by atoms with Crippen LogP contribution in [0.15, 0.2) is 0 Å². The van der Waals surface area contributed by atoms with Crippen LogP contribution < -0.4 is 5.32 Å². The van der Waals surface area contributed by atoms with Crippen molar-refractivity contribution >= 4 is 18.4 Å². The van der Waals surface area contributed by atoms with E-state index in [1.807, 2.05) is 6.92 Å². The van der Waals surface area contributed by atoms with E-state index in [9.17, 15) is 4.79 Å². The normalized spacial score (nSPS) is 27.7. The van der Waals surface area contributed by atoms with Crippen LogP contribution >= 0.6 is 12.4 Å². The molecular weight excluding hydrogens is 214 g/mol. The van der Waals surface area contributed by atoms with Crippen LogP contribution in [0.2, 0.25) is 0 Å². The second kappa shape index (κ2) is 5.17. The summed E-state index contributed by atoms with van der Waals surface area (Å²) in [6.45, 7) is 4.50. The Hall–Kier alpha value is -0.280. The summed E-state index contributed by atoms with van der Waals surface area (Å²) in [6.07, 6.45) is 4.47. The molecule has 0 aromatic carbocycles. The van der Waals surface area contributed by atoms with E-state index in [0.29, 0.717) is 12.5 Å². The summed E-state index contributed by atoms with van der Waals surface area (Å²) in [5.74, 6) is 0.573. The minimum Gasteiger partial charge on any atom is -0.466 e. The Morgan fingerprint density at radius 2 is 2.27 bits per heavy atom. The van der Waals surface area contributed by atoms with E-state index in [4.69, 9.17) is 4.74 Å². The summed E-state index contributed by atoms with van der Waals surface area (Å²) in [6, 6.07) is 0. The first-order valence-corrected chi connectivity index (χ1v) is 5.67. The Balaban J connectivity index is 0.00000112. The van der Waals surface area contributed by atoms with Crippen molar-refractivity contribution in [3.05, 3.63) is 0 Å². The molecule has 4 heteroatoms. The van der Waals surface area contributed by atoms with E-state index in [1.54, 1.807) is 0 Å². The predicted molar refractivity (Wildman–Crippen MR) is 61.1 cm³/mol. The molecule has 0 spiro atoms. The van der Waals surface area contributed by atoms with Gasteiger partial charge in [-0.15, -0.1) is 12.4 Å². The summed E-state index contributed by atoms with van der Waals surface area (Å²) in [5.41, 5.74) is -0.0938. The van der Waals surface area contributed by atoms with Gasteiger partial charge in [0.05, 0.1) is 12.0 Å². The van der Waals surface area contributed by atoms with Crippen LogP contribution in [-0.4, -0.2) is 25.7 Å². The van der Waals surface area contributed by atoms with Gasteiger partial charge >= 0.3 is 5.97 Å². The van der Waals surface area contributed by atoms with Crippen LogP contribution in [0, 0.1) is 11.3 Å². The van der Waals surface area contributed by atoms with Crippen LogP contribution in [0.4, 0.5) is 0 Å². The molecule has 1 aliphatic carbocycles. The molecule has 2 rings (SSSR count). The van der Waals surface area contributed by atoms with Crippen LogP contribution in [-0.2, 0) is 9.53 Å². The topological polar surface area (TPSA) is 38.3 Å². The molecule has 15 heavy (non-hydrogen) atoms. The first kappa shape index (κ1) is 12.8. The zero-order chi connectivity index (χ0) is 10.0. The minimum absolute atomic E-state index is 0. The SMILES string of the molecule is CCOC(=O)C1(C2CCCNC2)CC1.Cl. The Morgan fingerprint density at radius 1 is 1.53 bits per heavy atom. The highest BCUT2D eigenvalue weighted by molar-refractivity contribution is 5.85. The van der Waals surface area contributed by atoms with Gasteiger partial charge in [-0.2, -0.15) is 0 Å². The number of halogens is 1. The molecule has 0 aromatic rings. The van der Waals surface area contributed by atoms with Crippen molar-refractivity contribution < 1.29 is 9.53 Å². The summed E-state index contributed by atoms with van der Waals surface area (Å²) in [5, 5.41) is 3.37. The highest BCUT2D eigenvalue weighted by atomic mass is 35.5. The lowest BCUT2D eigenvalue weighted by atomic mass is 9.83. The van der Waals surface area contributed by atoms with Crippen molar-refractivity contribution in [1.29, 1.82) is 0 Å². The Morgan fingerprint density at radius 3 is 2.73 bits per heavy atom. The standard InChI is InChI=1S/C11H19NO2.ClH/c1-2-14-10(13)11(5-6-11)9-4-3-7-12-8-9;/h9,12H,2-8H2,1H3;1H. The first-order valence-electron chi connectivity index (χ1n) is 5.67. The molecule has 1 heterocycles.